The number of ether oxygens (including phenoxy) is 1. The number of aromatic nitrogens is 4. The maximum atomic E-state index is 5.91. The fourth-order valence-corrected chi connectivity index (χ4v) is 3.61. The molecule has 0 N–H and O–H groups in total. The first-order valence-electron chi connectivity index (χ1n) is 8.14. The number of morpholine rings is 1. The van der Waals surface area contributed by atoms with Crippen molar-refractivity contribution in [3.63, 3.8) is 0 Å². The lowest BCUT2D eigenvalue weighted by Gasteiger charge is -2.32. The molecule has 1 aliphatic heterocycles. The fourth-order valence-electron chi connectivity index (χ4n) is 2.71. The normalized spacial score (nSPS) is 20.1. The van der Waals surface area contributed by atoms with Crippen LogP contribution in [0.15, 0.2) is 11.7 Å². The number of rotatable bonds is 4. The predicted octanol–water partition coefficient (Wildman–Crippen LogP) is 2.63. The quantitative estimate of drug-likeness (QED) is 0.860. The van der Waals surface area contributed by atoms with Crippen molar-refractivity contribution in [1.29, 1.82) is 0 Å². The molecule has 0 amide bonds. The molecule has 126 valence electrons. The van der Waals surface area contributed by atoms with E-state index in [0.717, 1.165) is 44.3 Å². The van der Waals surface area contributed by atoms with Crippen molar-refractivity contribution in [3.8, 4) is 0 Å². The monoisotopic (exact) mass is 335 g/mol. The van der Waals surface area contributed by atoms with E-state index in [4.69, 9.17) is 9.72 Å². The molecule has 2 aromatic heterocycles. The lowest BCUT2D eigenvalue weighted by Crippen LogP contribution is -2.38. The highest BCUT2D eigenvalue weighted by atomic mass is 32.1. The van der Waals surface area contributed by atoms with Crippen LogP contribution in [-0.2, 0) is 23.2 Å². The van der Waals surface area contributed by atoms with E-state index >= 15 is 0 Å². The van der Waals surface area contributed by atoms with Crippen LogP contribution in [0.4, 0.5) is 0 Å². The molecule has 0 aromatic carbocycles. The van der Waals surface area contributed by atoms with Gasteiger partial charge in [-0.2, -0.15) is 0 Å². The van der Waals surface area contributed by atoms with E-state index in [1.165, 1.54) is 5.01 Å². The van der Waals surface area contributed by atoms with Gasteiger partial charge >= 0.3 is 0 Å². The summed E-state index contributed by atoms with van der Waals surface area (Å²) in [5, 5.41) is 11.6. The lowest BCUT2D eigenvalue weighted by atomic mass is 9.98. The molecule has 0 saturated carbocycles. The third-order valence-corrected chi connectivity index (χ3v) is 5.32. The minimum absolute atomic E-state index is 0.00748. The van der Waals surface area contributed by atoms with Crippen LogP contribution in [0.2, 0.25) is 0 Å². The second kappa shape index (κ2) is 6.67. The van der Waals surface area contributed by atoms with Gasteiger partial charge in [-0.05, 0) is 6.92 Å². The molecule has 1 atom stereocenters. The number of hydrogen-bond acceptors (Lipinski definition) is 6. The fraction of sp³-hybridized carbons (Fsp3) is 0.688. The minimum atomic E-state index is -0.00748. The predicted molar refractivity (Wildman–Crippen MR) is 90.5 cm³/mol. The van der Waals surface area contributed by atoms with Crippen molar-refractivity contribution in [2.45, 2.75) is 52.3 Å². The first kappa shape index (κ1) is 16.5. The Bertz CT molecular complexity index is 645. The van der Waals surface area contributed by atoms with Gasteiger partial charge < -0.3 is 9.30 Å². The van der Waals surface area contributed by atoms with Gasteiger partial charge in [0.2, 0.25) is 0 Å². The molecule has 7 heteroatoms. The van der Waals surface area contributed by atoms with Crippen molar-refractivity contribution in [2.24, 2.45) is 0 Å². The number of nitrogens with zero attached hydrogens (tertiary/aromatic N) is 5. The van der Waals surface area contributed by atoms with Gasteiger partial charge in [-0.15, -0.1) is 21.5 Å². The summed E-state index contributed by atoms with van der Waals surface area (Å²) in [4.78, 5) is 7.19. The van der Waals surface area contributed by atoms with E-state index in [0.29, 0.717) is 0 Å². The Balaban J connectivity index is 1.66. The number of thiazole rings is 1. The third-order valence-electron chi connectivity index (χ3n) is 4.00. The smallest absolute Gasteiger partial charge is 0.163 e. The van der Waals surface area contributed by atoms with Crippen LogP contribution < -0.4 is 0 Å². The molecule has 6 nitrogen and oxygen atoms in total. The van der Waals surface area contributed by atoms with Crippen LogP contribution in [-0.4, -0.2) is 44.3 Å². The van der Waals surface area contributed by atoms with Gasteiger partial charge in [0.05, 0.1) is 17.3 Å². The summed E-state index contributed by atoms with van der Waals surface area (Å²) in [6, 6.07) is 0. The molecule has 0 radical (unpaired) electrons. The molecule has 23 heavy (non-hydrogen) atoms. The molecule has 1 fully saturated rings. The van der Waals surface area contributed by atoms with Crippen LogP contribution in [0, 0.1) is 0 Å². The van der Waals surface area contributed by atoms with E-state index in [1.807, 2.05) is 0 Å². The summed E-state index contributed by atoms with van der Waals surface area (Å²) >= 11 is 1.75. The molecular weight excluding hydrogens is 310 g/mol. The third kappa shape index (κ3) is 3.79. The highest BCUT2D eigenvalue weighted by Crippen LogP contribution is 2.27. The Morgan fingerprint density at radius 2 is 2.22 bits per heavy atom. The number of aryl methyl sites for hydroxylation is 1. The Morgan fingerprint density at radius 1 is 1.39 bits per heavy atom. The molecular formula is C16H25N5OS. The first-order chi connectivity index (χ1) is 11.0. The maximum absolute atomic E-state index is 5.91. The zero-order valence-electron chi connectivity index (χ0n) is 14.3. The zero-order chi connectivity index (χ0) is 16.4. The summed E-state index contributed by atoms with van der Waals surface area (Å²) in [6.45, 7) is 12.9. The summed E-state index contributed by atoms with van der Waals surface area (Å²) < 4.78 is 7.96. The molecule has 1 saturated heterocycles. The minimum Gasteiger partial charge on any atom is -0.368 e. The van der Waals surface area contributed by atoms with Gasteiger partial charge in [-0.1, -0.05) is 20.8 Å². The van der Waals surface area contributed by atoms with Crippen LogP contribution in [0.1, 0.15) is 50.3 Å². The first-order valence-corrected chi connectivity index (χ1v) is 9.02. The van der Waals surface area contributed by atoms with Crippen molar-refractivity contribution < 1.29 is 4.74 Å². The largest absolute Gasteiger partial charge is 0.368 e. The average Bonchev–Trinajstić information content (AvgIpc) is 3.15. The van der Waals surface area contributed by atoms with Crippen LogP contribution in [0.3, 0.4) is 0 Å². The van der Waals surface area contributed by atoms with Crippen molar-refractivity contribution in [1.82, 2.24) is 24.6 Å². The Hall–Kier alpha value is -1.31. The van der Waals surface area contributed by atoms with Gasteiger partial charge in [-0.3, -0.25) is 4.90 Å². The average molecular weight is 335 g/mol. The van der Waals surface area contributed by atoms with Crippen molar-refractivity contribution in [3.05, 3.63) is 28.2 Å². The highest BCUT2D eigenvalue weighted by Gasteiger charge is 2.26. The molecule has 2 aromatic rings. The van der Waals surface area contributed by atoms with Gasteiger partial charge in [0, 0.05) is 37.0 Å². The van der Waals surface area contributed by atoms with E-state index in [1.54, 1.807) is 17.7 Å². The van der Waals surface area contributed by atoms with Crippen molar-refractivity contribution >= 4 is 11.3 Å². The SMILES string of the molecule is CCn1cnnc1[C@H]1CN(Cc2csc(C(C)(C)C)n2)CCO1. The molecule has 0 spiro atoms. The van der Waals surface area contributed by atoms with Gasteiger partial charge in [0.1, 0.15) is 12.4 Å². The van der Waals surface area contributed by atoms with Crippen LogP contribution in [0.5, 0.6) is 0 Å². The van der Waals surface area contributed by atoms with E-state index < -0.39 is 0 Å². The molecule has 0 aliphatic carbocycles. The molecule has 0 bridgehead atoms. The van der Waals surface area contributed by atoms with Crippen LogP contribution >= 0.6 is 11.3 Å². The second-order valence-electron chi connectivity index (χ2n) is 6.96. The summed E-state index contributed by atoms with van der Waals surface area (Å²) in [7, 11) is 0. The Labute approximate surface area is 141 Å². The molecule has 1 aliphatic rings. The number of hydrogen-bond donors (Lipinski definition) is 0. The Morgan fingerprint density at radius 3 is 2.91 bits per heavy atom. The van der Waals surface area contributed by atoms with E-state index in [-0.39, 0.29) is 11.5 Å². The summed E-state index contributed by atoms with van der Waals surface area (Å²) in [6.07, 6.45) is 1.76. The lowest BCUT2D eigenvalue weighted by molar-refractivity contribution is -0.0391. The standard InChI is InChI=1S/C16H25N5OS/c1-5-21-11-17-19-14(21)13-9-20(6-7-22-13)8-12-10-23-15(18-12)16(2,3)4/h10-11,13H,5-9H2,1-4H3/t13-/m1/s1. The Kier molecular flexibility index (Phi) is 4.79. The summed E-state index contributed by atoms with van der Waals surface area (Å²) in [5.74, 6) is 0.922. The van der Waals surface area contributed by atoms with Gasteiger partial charge in [0.25, 0.3) is 0 Å². The van der Waals surface area contributed by atoms with E-state index in [9.17, 15) is 0 Å². The van der Waals surface area contributed by atoms with Gasteiger partial charge in [0.15, 0.2) is 5.82 Å². The molecule has 3 rings (SSSR count). The highest BCUT2D eigenvalue weighted by molar-refractivity contribution is 7.09. The topological polar surface area (TPSA) is 56.1 Å². The van der Waals surface area contributed by atoms with Crippen molar-refractivity contribution in [2.75, 3.05) is 19.7 Å². The van der Waals surface area contributed by atoms with E-state index in [2.05, 4.69) is 52.7 Å². The second-order valence-corrected chi connectivity index (χ2v) is 7.82. The maximum Gasteiger partial charge on any atom is 0.163 e. The van der Waals surface area contributed by atoms with Crippen LogP contribution in [0.25, 0.3) is 0 Å². The molecule has 0 unspecified atom stereocenters. The molecule has 3 heterocycles. The van der Waals surface area contributed by atoms with Gasteiger partial charge in [-0.25, -0.2) is 4.98 Å². The summed E-state index contributed by atoms with van der Waals surface area (Å²) in [5.41, 5.74) is 1.27. The zero-order valence-corrected chi connectivity index (χ0v) is 15.1.